The summed E-state index contributed by atoms with van der Waals surface area (Å²) in [6.07, 6.45) is 65.3. The molecule has 0 radical (unpaired) electrons. The first-order valence-electron chi connectivity index (χ1n) is 43.9. The molecule has 0 rings (SSSR count). The normalized spacial score (nSPS) is 14.2. The molecule has 6 atom stereocenters. The van der Waals surface area contributed by atoms with Gasteiger partial charge in [-0.1, -0.05) is 395 Å². The number of esters is 4. The molecule has 19 heteroatoms. The lowest BCUT2D eigenvalue weighted by Gasteiger charge is -2.21. The minimum atomic E-state index is -4.97. The number of hydrogen-bond donors (Lipinski definition) is 3. The van der Waals surface area contributed by atoms with Gasteiger partial charge in [0.25, 0.3) is 0 Å². The fourth-order valence-electron chi connectivity index (χ4n) is 13.2. The van der Waals surface area contributed by atoms with Crippen LogP contribution >= 0.6 is 15.6 Å². The summed E-state index contributed by atoms with van der Waals surface area (Å²) in [5.41, 5.74) is 0. The van der Waals surface area contributed by atoms with Crippen molar-refractivity contribution < 1.29 is 80.2 Å². The van der Waals surface area contributed by atoms with E-state index in [1.807, 2.05) is 0 Å². The molecule has 0 fully saturated rings. The zero-order valence-corrected chi connectivity index (χ0v) is 70.3. The van der Waals surface area contributed by atoms with Gasteiger partial charge in [0.2, 0.25) is 0 Å². The number of rotatable bonds is 83. The van der Waals surface area contributed by atoms with E-state index in [1.165, 1.54) is 257 Å². The molecule has 0 amide bonds. The van der Waals surface area contributed by atoms with Crippen LogP contribution in [0.3, 0.4) is 0 Å². The van der Waals surface area contributed by atoms with Crippen molar-refractivity contribution in [2.24, 2.45) is 17.8 Å². The van der Waals surface area contributed by atoms with Crippen LogP contribution in [0, 0.1) is 17.8 Å². The van der Waals surface area contributed by atoms with E-state index in [-0.39, 0.29) is 25.7 Å². The standard InChI is InChI=1S/C85H166O17P2/c1-8-10-11-12-13-14-15-16-17-18-19-20-21-22-23-24-27-31-39-47-54-61-68-84(89)101-80(72-95-82(87)66-59-52-45-38-30-28-25-26-29-35-42-49-56-63-76(3)4)74-99-103(91,92)97-70-79(86)71-98-104(93,94)100-75-81(73-96-83(88)67-60-53-46-41-34-36-43-50-57-64-77(5)6)102-85(90)69-62-55-48-40-33-32-37-44-51-58-65-78(7)9-2/h76-81,86H,8-75H2,1-7H3,(H,91,92)(H,93,94)/t78?,79-,80-,81-/m1/s1. The van der Waals surface area contributed by atoms with Crippen LogP contribution in [-0.4, -0.2) is 96.7 Å². The van der Waals surface area contributed by atoms with Crippen LogP contribution in [0.2, 0.25) is 0 Å². The zero-order chi connectivity index (χ0) is 76.5. The van der Waals surface area contributed by atoms with E-state index < -0.39 is 97.5 Å². The van der Waals surface area contributed by atoms with Crippen LogP contribution in [0.25, 0.3) is 0 Å². The number of aliphatic hydroxyl groups excluding tert-OH is 1. The molecule has 0 aromatic carbocycles. The molecular formula is C85H166O17P2. The van der Waals surface area contributed by atoms with Gasteiger partial charge >= 0.3 is 39.5 Å². The van der Waals surface area contributed by atoms with Crippen molar-refractivity contribution >= 4 is 39.5 Å². The molecule has 3 unspecified atom stereocenters. The van der Waals surface area contributed by atoms with E-state index in [1.54, 1.807) is 0 Å². The molecule has 0 aromatic heterocycles. The third-order valence-electron chi connectivity index (χ3n) is 20.2. The van der Waals surface area contributed by atoms with Crippen LogP contribution in [-0.2, 0) is 65.4 Å². The summed E-state index contributed by atoms with van der Waals surface area (Å²) in [7, 11) is -9.93. The summed E-state index contributed by atoms with van der Waals surface area (Å²) in [4.78, 5) is 73.2. The van der Waals surface area contributed by atoms with Gasteiger partial charge in [-0.2, -0.15) is 0 Å². The highest BCUT2D eigenvalue weighted by molar-refractivity contribution is 7.47. The Morgan fingerprint density at radius 2 is 0.490 bits per heavy atom. The summed E-state index contributed by atoms with van der Waals surface area (Å²) in [6.45, 7) is 12.0. The summed E-state index contributed by atoms with van der Waals surface area (Å²) in [6, 6.07) is 0. The zero-order valence-electron chi connectivity index (χ0n) is 68.5. The molecule has 0 aliphatic carbocycles. The molecule has 0 aliphatic heterocycles. The quantitative estimate of drug-likeness (QED) is 0.0222. The Morgan fingerprint density at radius 3 is 0.731 bits per heavy atom. The van der Waals surface area contributed by atoms with Crippen LogP contribution in [0.5, 0.6) is 0 Å². The molecular weight excluding hydrogens is 1350 g/mol. The highest BCUT2D eigenvalue weighted by Gasteiger charge is 2.30. The third-order valence-corrected chi connectivity index (χ3v) is 22.1. The smallest absolute Gasteiger partial charge is 0.462 e. The highest BCUT2D eigenvalue weighted by Crippen LogP contribution is 2.45. The maximum Gasteiger partial charge on any atom is 0.472 e. The number of ether oxygens (including phenoxy) is 4. The monoisotopic (exact) mass is 1520 g/mol. The van der Waals surface area contributed by atoms with E-state index in [0.29, 0.717) is 25.7 Å². The molecule has 0 heterocycles. The SMILES string of the molecule is CCCCCCCCCCCCCCCCCCCCCCCCC(=O)O[C@H](COC(=O)CCCCCCCCCCCCCCCC(C)C)COP(=O)(O)OC[C@@H](O)COP(=O)(O)OC[C@@H](COC(=O)CCCCCCCCCCCC(C)C)OC(=O)CCCCCCCCCCCCC(C)CC. The second kappa shape index (κ2) is 75.1. The predicted molar refractivity (Wildman–Crippen MR) is 428 cm³/mol. The van der Waals surface area contributed by atoms with Crippen LogP contribution in [0.1, 0.15) is 447 Å². The third kappa shape index (κ3) is 76.8. The number of unbranched alkanes of at least 4 members (excludes halogenated alkanes) is 50. The van der Waals surface area contributed by atoms with Crippen LogP contribution in [0.15, 0.2) is 0 Å². The Labute approximate surface area is 638 Å². The summed E-state index contributed by atoms with van der Waals surface area (Å²) in [5.74, 6) is 0.230. The molecule has 618 valence electrons. The van der Waals surface area contributed by atoms with Crippen molar-refractivity contribution in [3.63, 3.8) is 0 Å². The lowest BCUT2D eigenvalue weighted by Crippen LogP contribution is -2.30. The van der Waals surface area contributed by atoms with Gasteiger partial charge in [0.1, 0.15) is 19.3 Å². The van der Waals surface area contributed by atoms with Gasteiger partial charge < -0.3 is 33.8 Å². The predicted octanol–water partition coefficient (Wildman–Crippen LogP) is 25.7. The van der Waals surface area contributed by atoms with Crippen molar-refractivity contribution in [1.29, 1.82) is 0 Å². The maximum atomic E-state index is 13.1. The topological polar surface area (TPSA) is 237 Å². The van der Waals surface area contributed by atoms with E-state index in [2.05, 4.69) is 48.5 Å². The average Bonchev–Trinajstić information content (AvgIpc) is 0.904. The van der Waals surface area contributed by atoms with Crippen LogP contribution in [0.4, 0.5) is 0 Å². The van der Waals surface area contributed by atoms with Gasteiger partial charge in [0, 0.05) is 25.7 Å². The Kier molecular flexibility index (Phi) is 73.7. The second-order valence-corrected chi connectivity index (χ2v) is 34.7. The molecule has 104 heavy (non-hydrogen) atoms. The lowest BCUT2D eigenvalue weighted by atomic mass is 9.99. The van der Waals surface area contributed by atoms with Gasteiger partial charge in [-0.3, -0.25) is 37.3 Å². The molecule has 0 saturated carbocycles. The minimum absolute atomic E-state index is 0.106. The molecule has 17 nitrogen and oxygen atoms in total. The first-order valence-corrected chi connectivity index (χ1v) is 46.9. The fraction of sp³-hybridized carbons (Fsp3) is 0.953. The van der Waals surface area contributed by atoms with Crippen molar-refractivity contribution in [3.8, 4) is 0 Å². The van der Waals surface area contributed by atoms with Gasteiger partial charge in [-0.05, 0) is 43.4 Å². The number of carbonyl (C=O) groups is 4. The number of hydrogen-bond acceptors (Lipinski definition) is 15. The van der Waals surface area contributed by atoms with Crippen molar-refractivity contribution in [2.45, 2.75) is 465 Å². The summed E-state index contributed by atoms with van der Waals surface area (Å²) < 4.78 is 68.9. The highest BCUT2D eigenvalue weighted by atomic mass is 31.2. The van der Waals surface area contributed by atoms with E-state index in [0.717, 1.165) is 108 Å². The minimum Gasteiger partial charge on any atom is -0.462 e. The molecule has 0 bridgehead atoms. The fourth-order valence-corrected chi connectivity index (χ4v) is 14.7. The van der Waals surface area contributed by atoms with Crippen molar-refractivity contribution in [3.05, 3.63) is 0 Å². The van der Waals surface area contributed by atoms with Crippen molar-refractivity contribution in [2.75, 3.05) is 39.6 Å². The Bertz CT molecular complexity index is 2010. The van der Waals surface area contributed by atoms with Gasteiger partial charge in [0.05, 0.1) is 26.4 Å². The number of carbonyl (C=O) groups excluding carboxylic acids is 4. The number of phosphoric acid groups is 2. The Balaban J connectivity index is 5.24. The molecule has 0 saturated heterocycles. The number of phosphoric ester groups is 2. The molecule has 0 spiro atoms. The Hall–Kier alpha value is -1.94. The van der Waals surface area contributed by atoms with Gasteiger partial charge in [-0.25, -0.2) is 9.13 Å². The van der Waals surface area contributed by atoms with E-state index in [4.69, 9.17) is 37.0 Å². The van der Waals surface area contributed by atoms with E-state index in [9.17, 15) is 43.2 Å². The lowest BCUT2D eigenvalue weighted by molar-refractivity contribution is -0.161. The largest absolute Gasteiger partial charge is 0.472 e. The van der Waals surface area contributed by atoms with Crippen LogP contribution < -0.4 is 0 Å². The summed E-state index contributed by atoms with van der Waals surface area (Å²) in [5, 5.41) is 10.7. The maximum absolute atomic E-state index is 13.1. The second-order valence-electron chi connectivity index (χ2n) is 31.8. The average molecular weight is 1520 g/mol. The first kappa shape index (κ1) is 102. The molecule has 0 aliphatic rings. The molecule has 3 N–H and O–H groups in total. The number of aliphatic hydroxyl groups is 1. The summed E-state index contributed by atoms with van der Waals surface area (Å²) >= 11 is 0. The first-order chi connectivity index (χ1) is 50.3. The van der Waals surface area contributed by atoms with Gasteiger partial charge in [0.15, 0.2) is 12.2 Å². The van der Waals surface area contributed by atoms with Gasteiger partial charge in [-0.15, -0.1) is 0 Å². The molecule has 0 aromatic rings. The Morgan fingerprint density at radius 1 is 0.279 bits per heavy atom. The van der Waals surface area contributed by atoms with E-state index >= 15 is 0 Å². The van der Waals surface area contributed by atoms with Crippen molar-refractivity contribution in [1.82, 2.24) is 0 Å².